The second kappa shape index (κ2) is 10.2. The maximum atomic E-state index is 10.1. The van der Waals surface area contributed by atoms with Gasteiger partial charge in [0.05, 0.1) is 6.10 Å². The fourth-order valence-electron chi connectivity index (χ4n) is 1.49. The number of rotatable bonds is 10. The van der Waals surface area contributed by atoms with E-state index in [-0.39, 0.29) is 0 Å². The van der Waals surface area contributed by atoms with Crippen molar-refractivity contribution in [3.05, 3.63) is 0 Å². The lowest BCUT2D eigenvalue weighted by molar-refractivity contribution is -0.108. The maximum absolute atomic E-state index is 10.1. The summed E-state index contributed by atoms with van der Waals surface area (Å²) in [5.41, 5.74) is 0. The summed E-state index contributed by atoms with van der Waals surface area (Å²) < 4.78 is 5.60. The molecule has 2 atom stereocenters. The zero-order chi connectivity index (χ0) is 11.5. The van der Waals surface area contributed by atoms with Crippen LogP contribution in [0.25, 0.3) is 0 Å². The quantitative estimate of drug-likeness (QED) is 0.410. The molecule has 0 aliphatic heterocycles. The van der Waals surface area contributed by atoms with E-state index < -0.39 is 0 Å². The van der Waals surface area contributed by atoms with E-state index in [1.165, 1.54) is 19.3 Å². The van der Waals surface area contributed by atoms with Gasteiger partial charge >= 0.3 is 0 Å². The highest BCUT2D eigenvalue weighted by Crippen LogP contribution is 2.13. The molecule has 0 N–H and O–H groups in total. The Kier molecular flexibility index (Phi) is 9.91. The Hall–Kier alpha value is -0.370. The van der Waals surface area contributed by atoms with Crippen molar-refractivity contribution in [2.45, 2.75) is 65.4 Å². The summed E-state index contributed by atoms with van der Waals surface area (Å²) in [6.45, 7) is 7.39. The molecular formula is C13H26O2. The van der Waals surface area contributed by atoms with Crippen LogP contribution in [-0.2, 0) is 9.53 Å². The molecule has 0 bridgehead atoms. The van der Waals surface area contributed by atoms with Crippen LogP contribution in [0.2, 0.25) is 0 Å². The molecule has 0 aromatic rings. The summed E-state index contributed by atoms with van der Waals surface area (Å²) in [7, 11) is 0. The van der Waals surface area contributed by atoms with Crippen LogP contribution in [0.3, 0.4) is 0 Å². The second-order valence-electron chi connectivity index (χ2n) is 4.43. The fourth-order valence-corrected chi connectivity index (χ4v) is 1.49. The molecule has 0 amide bonds. The van der Waals surface area contributed by atoms with Crippen LogP contribution in [0, 0.1) is 5.92 Å². The molecule has 0 aliphatic rings. The number of carbonyl (C=O) groups is 1. The van der Waals surface area contributed by atoms with Crippen molar-refractivity contribution in [3.63, 3.8) is 0 Å². The number of hydrogen-bond acceptors (Lipinski definition) is 2. The average molecular weight is 214 g/mol. The molecule has 2 nitrogen and oxygen atoms in total. The molecule has 0 saturated heterocycles. The molecule has 15 heavy (non-hydrogen) atoms. The Morgan fingerprint density at radius 1 is 1.20 bits per heavy atom. The first-order chi connectivity index (χ1) is 7.20. The van der Waals surface area contributed by atoms with Crippen molar-refractivity contribution in [1.82, 2.24) is 0 Å². The van der Waals surface area contributed by atoms with Crippen molar-refractivity contribution >= 4 is 6.29 Å². The van der Waals surface area contributed by atoms with Gasteiger partial charge in [-0.25, -0.2) is 0 Å². The van der Waals surface area contributed by atoms with Gasteiger partial charge in [0.1, 0.15) is 6.29 Å². The molecule has 90 valence electrons. The third-order valence-corrected chi connectivity index (χ3v) is 2.87. The van der Waals surface area contributed by atoms with Gasteiger partial charge in [0.25, 0.3) is 0 Å². The summed E-state index contributed by atoms with van der Waals surface area (Å²) in [4.78, 5) is 10.1. The molecule has 0 saturated carbocycles. The van der Waals surface area contributed by atoms with E-state index in [2.05, 4.69) is 20.8 Å². The molecule has 0 aliphatic carbocycles. The number of ether oxygens (including phenoxy) is 1. The van der Waals surface area contributed by atoms with Crippen molar-refractivity contribution < 1.29 is 9.53 Å². The van der Waals surface area contributed by atoms with Crippen LogP contribution >= 0.6 is 0 Å². The highest BCUT2D eigenvalue weighted by Gasteiger charge is 2.04. The van der Waals surface area contributed by atoms with Crippen LogP contribution in [0.1, 0.15) is 59.3 Å². The molecule has 0 fully saturated rings. The largest absolute Gasteiger partial charge is 0.378 e. The van der Waals surface area contributed by atoms with E-state index in [0.29, 0.717) is 12.5 Å². The van der Waals surface area contributed by atoms with E-state index in [9.17, 15) is 4.79 Å². The van der Waals surface area contributed by atoms with Gasteiger partial charge in [0.15, 0.2) is 0 Å². The van der Waals surface area contributed by atoms with Gasteiger partial charge in [0.2, 0.25) is 0 Å². The molecular weight excluding hydrogens is 188 g/mol. The van der Waals surface area contributed by atoms with E-state index in [0.717, 1.165) is 31.7 Å². The normalized spacial score (nSPS) is 14.9. The van der Waals surface area contributed by atoms with Gasteiger partial charge in [-0.1, -0.05) is 33.1 Å². The third-order valence-electron chi connectivity index (χ3n) is 2.87. The SMILES string of the molecule is CCC(C)CCCC(C)OCCCC=O. The lowest BCUT2D eigenvalue weighted by atomic mass is 10.0. The minimum absolute atomic E-state index is 0.348. The maximum Gasteiger partial charge on any atom is 0.120 e. The summed E-state index contributed by atoms with van der Waals surface area (Å²) >= 11 is 0. The van der Waals surface area contributed by atoms with Gasteiger partial charge in [-0.2, -0.15) is 0 Å². The summed E-state index contributed by atoms with van der Waals surface area (Å²) in [6.07, 6.45) is 7.76. The highest BCUT2D eigenvalue weighted by molar-refractivity contribution is 5.48. The summed E-state index contributed by atoms with van der Waals surface area (Å²) in [6, 6.07) is 0. The lowest BCUT2D eigenvalue weighted by Crippen LogP contribution is -2.09. The second-order valence-corrected chi connectivity index (χ2v) is 4.43. The van der Waals surface area contributed by atoms with Gasteiger partial charge in [-0.05, 0) is 25.7 Å². The van der Waals surface area contributed by atoms with Crippen LogP contribution < -0.4 is 0 Å². The van der Waals surface area contributed by atoms with Crippen molar-refractivity contribution in [3.8, 4) is 0 Å². The molecule has 0 spiro atoms. The number of hydrogen-bond donors (Lipinski definition) is 0. The first-order valence-corrected chi connectivity index (χ1v) is 6.25. The number of aldehydes is 1. The Bertz CT molecular complexity index is 145. The Morgan fingerprint density at radius 3 is 2.53 bits per heavy atom. The van der Waals surface area contributed by atoms with Gasteiger partial charge in [-0.15, -0.1) is 0 Å². The predicted molar refractivity (Wildman–Crippen MR) is 64.0 cm³/mol. The fraction of sp³-hybridized carbons (Fsp3) is 0.923. The van der Waals surface area contributed by atoms with Crippen LogP contribution in [-0.4, -0.2) is 19.0 Å². The summed E-state index contributed by atoms with van der Waals surface area (Å²) in [5, 5.41) is 0. The number of unbranched alkanes of at least 4 members (excludes halogenated alkanes) is 1. The molecule has 2 unspecified atom stereocenters. The van der Waals surface area contributed by atoms with Crippen LogP contribution in [0.5, 0.6) is 0 Å². The predicted octanol–water partition coefficient (Wildman–Crippen LogP) is 3.59. The van der Waals surface area contributed by atoms with Crippen molar-refractivity contribution in [2.75, 3.05) is 6.61 Å². The molecule has 0 heterocycles. The third kappa shape index (κ3) is 9.92. The smallest absolute Gasteiger partial charge is 0.120 e. The zero-order valence-corrected chi connectivity index (χ0v) is 10.5. The zero-order valence-electron chi connectivity index (χ0n) is 10.5. The topological polar surface area (TPSA) is 26.3 Å². The van der Waals surface area contributed by atoms with Crippen LogP contribution in [0.15, 0.2) is 0 Å². The first kappa shape index (κ1) is 14.6. The summed E-state index contributed by atoms with van der Waals surface area (Å²) in [5.74, 6) is 0.840. The Balaban J connectivity index is 3.25. The Labute approximate surface area is 94.4 Å². The number of carbonyl (C=O) groups excluding carboxylic acids is 1. The molecule has 0 aromatic carbocycles. The standard InChI is InChI=1S/C13H26O2/c1-4-12(2)8-7-9-13(3)15-11-6-5-10-14/h10,12-13H,4-9,11H2,1-3H3. The minimum Gasteiger partial charge on any atom is -0.378 e. The Morgan fingerprint density at radius 2 is 1.93 bits per heavy atom. The van der Waals surface area contributed by atoms with E-state index in [4.69, 9.17) is 4.74 Å². The molecule has 0 rings (SSSR count). The van der Waals surface area contributed by atoms with Gasteiger partial charge in [0, 0.05) is 13.0 Å². The first-order valence-electron chi connectivity index (χ1n) is 6.25. The van der Waals surface area contributed by atoms with E-state index >= 15 is 0 Å². The van der Waals surface area contributed by atoms with E-state index in [1.807, 2.05) is 0 Å². The van der Waals surface area contributed by atoms with Gasteiger partial charge in [-0.3, -0.25) is 0 Å². The highest BCUT2D eigenvalue weighted by atomic mass is 16.5. The minimum atomic E-state index is 0.348. The molecule has 0 radical (unpaired) electrons. The van der Waals surface area contributed by atoms with Crippen LogP contribution in [0.4, 0.5) is 0 Å². The van der Waals surface area contributed by atoms with Crippen molar-refractivity contribution in [1.29, 1.82) is 0 Å². The van der Waals surface area contributed by atoms with Gasteiger partial charge < -0.3 is 9.53 Å². The van der Waals surface area contributed by atoms with Crippen molar-refractivity contribution in [2.24, 2.45) is 5.92 Å². The lowest BCUT2D eigenvalue weighted by Gasteiger charge is -2.14. The molecule has 2 heteroatoms. The monoisotopic (exact) mass is 214 g/mol. The van der Waals surface area contributed by atoms with E-state index in [1.54, 1.807) is 0 Å². The average Bonchev–Trinajstić information content (AvgIpc) is 2.24. The molecule has 0 aromatic heterocycles.